The molecule has 2 unspecified atom stereocenters. The number of nitrogens with zero attached hydrogens (tertiary/aromatic N) is 1. The van der Waals surface area contributed by atoms with Crippen LogP contribution in [0.25, 0.3) is 0 Å². The van der Waals surface area contributed by atoms with Crippen LogP contribution in [0.5, 0.6) is 0 Å². The number of hydrogen-bond acceptors (Lipinski definition) is 8. The largest absolute Gasteiger partial charge is 0.756 e. The fraction of sp³-hybridized carbons (Fsp3) is 0.840. The molecule has 206 valence electrons. The minimum atomic E-state index is -4.57. The van der Waals surface area contributed by atoms with E-state index in [2.05, 4.69) is 19.1 Å². The molecular formula is C25H48NO8P. The van der Waals surface area contributed by atoms with Gasteiger partial charge in [-0.05, 0) is 32.1 Å². The second-order valence-electron chi connectivity index (χ2n) is 9.78. The number of allylic oxidation sites excluding steroid dienone is 2. The van der Waals surface area contributed by atoms with Gasteiger partial charge < -0.3 is 27.9 Å². The van der Waals surface area contributed by atoms with Crippen LogP contribution in [0.4, 0.5) is 0 Å². The van der Waals surface area contributed by atoms with Crippen molar-refractivity contribution in [3.05, 3.63) is 12.2 Å². The Morgan fingerprint density at radius 3 is 2.11 bits per heavy atom. The maximum absolute atomic E-state index is 12.2. The fourth-order valence-corrected chi connectivity index (χ4v) is 3.75. The number of carbonyl (C=O) groups is 2. The van der Waals surface area contributed by atoms with E-state index in [9.17, 15) is 19.0 Å². The zero-order valence-corrected chi connectivity index (χ0v) is 23.4. The first kappa shape index (κ1) is 33.8. The summed E-state index contributed by atoms with van der Waals surface area (Å²) in [6.07, 6.45) is 14.7. The highest BCUT2D eigenvalue weighted by Crippen LogP contribution is 2.38. The van der Waals surface area contributed by atoms with E-state index >= 15 is 0 Å². The van der Waals surface area contributed by atoms with E-state index in [4.69, 9.17) is 18.5 Å². The lowest BCUT2D eigenvalue weighted by atomic mass is 10.1. The predicted molar refractivity (Wildman–Crippen MR) is 135 cm³/mol. The number of carbonyl (C=O) groups excluding carboxylic acids is 2. The third-order valence-electron chi connectivity index (χ3n) is 5.09. The van der Waals surface area contributed by atoms with Crippen molar-refractivity contribution in [2.75, 3.05) is 47.5 Å². The maximum Gasteiger partial charge on any atom is 0.306 e. The molecule has 0 radical (unpaired) electrons. The Morgan fingerprint density at radius 2 is 1.51 bits per heavy atom. The molecule has 0 bridgehead atoms. The van der Waals surface area contributed by atoms with E-state index < -0.39 is 32.5 Å². The zero-order valence-electron chi connectivity index (χ0n) is 22.5. The molecule has 0 N–H and O–H groups in total. The SMILES string of the molecule is CCCCC/C=C\CCCCCCCC(=O)OC(COC(C)=O)COP(=O)([O-])OCC[N+](C)(C)C. The Bertz CT molecular complexity index is 648. The van der Waals surface area contributed by atoms with Gasteiger partial charge in [0.1, 0.15) is 19.8 Å². The Hall–Kier alpha value is -1.25. The summed E-state index contributed by atoms with van der Waals surface area (Å²) in [7, 11) is 1.15. The number of phosphoric acid groups is 1. The predicted octanol–water partition coefficient (Wildman–Crippen LogP) is 4.54. The third-order valence-corrected chi connectivity index (χ3v) is 6.06. The summed E-state index contributed by atoms with van der Waals surface area (Å²) in [5, 5.41) is 0. The van der Waals surface area contributed by atoms with Crippen LogP contribution >= 0.6 is 7.82 Å². The van der Waals surface area contributed by atoms with Crippen molar-refractivity contribution in [2.24, 2.45) is 0 Å². The molecule has 0 spiro atoms. The molecule has 0 saturated heterocycles. The number of unbranched alkanes of at least 4 members (excludes halogenated alkanes) is 8. The van der Waals surface area contributed by atoms with E-state index in [0.29, 0.717) is 17.4 Å². The lowest BCUT2D eigenvalue weighted by Crippen LogP contribution is -2.37. The summed E-state index contributed by atoms with van der Waals surface area (Å²) in [5.74, 6) is -1.04. The maximum atomic E-state index is 12.2. The fourth-order valence-electron chi connectivity index (χ4n) is 3.02. The molecule has 2 atom stereocenters. The minimum Gasteiger partial charge on any atom is -0.756 e. The van der Waals surface area contributed by atoms with Crippen molar-refractivity contribution in [3.8, 4) is 0 Å². The monoisotopic (exact) mass is 521 g/mol. The quantitative estimate of drug-likeness (QED) is 0.0671. The van der Waals surface area contributed by atoms with Crippen molar-refractivity contribution >= 4 is 19.8 Å². The van der Waals surface area contributed by atoms with Gasteiger partial charge in [-0.3, -0.25) is 14.2 Å². The average molecular weight is 522 g/mol. The minimum absolute atomic E-state index is 0.0338. The molecule has 0 fully saturated rings. The molecule has 0 aromatic carbocycles. The second kappa shape index (κ2) is 19.9. The molecule has 0 saturated carbocycles. The summed E-state index contributed by atoms with van der Waals surface area (Å²) in [4.78, 5) is 35.3. The molecule has 0 aliphatic carbocycles. The van der Waals surface area contributed by atoms with Crippen LogP contribution in [-0.4, -0.2) is 70.0 Å². The highest BCUT2D eigenvalue weighted by Gasteiger charge is 2.21. The van der Waals surface area contributed by atoms with Gasteiger partial charge in [-0.15, -0.1) is 0 Å². The first-order chi connectivity index (χ1) is 16.4. The van der Waals surface area contributed by atoms with E-state index in [0.717, 1.165) is 38.5 Å². The van der Waals surface area contributed by atoms with E-state index in [1.807, 2.05) is 21.1 Å². The van der Waals surface area contributed by atoms with Crippen LogP contribution < -0.4 is 4.89 Å². The van der Waals surface area contributed by atoms with Crippen molar-refractivity contribution in [2.45, 2.75) is 90.6 Å². The smallest absolute Gasteiger partial charge is 0.306 e. The van der Waals surface area contributed by atoms with E-state index in [1.54, 1.807) is 0 Å². The molecule has 35 heavy (non-hydrogen) atoms. The van der Waals surface area contributed by atoms with Crippen molar-refractivity contribution in [1.29, 1.82) is 0 Å². The van der Waals surface area contributed by atoms with Gasteiger partial charge in [-0.2, -0.15) is 0 Å². The van der Waals surface area contributed by atoms with Gasteiger partial charge in [0, 0.05) is 13.3 Å². The highest BCUT2D eigenvalue weighted by atomic mass is 31.2. The topological polar surface area (TPSA) is 111 Å². The summed E-state index contributed by atoms with van der Waals surface area (Å²) >= 11 is 0. The Labute approximate surface area is 212 Å². The summed E-state index contributed by atoms with van der Waals surface area (Å²) < 4.78 is 32.4. The van der Waals surface area contributed by atoms with Gasteiger partial charge in [0.15, 0.2) is 6.10 Å². The summed E-state index contributed by atoms with van der Waals surface area (Å²) in [6.45, 7) is 3.10. The molecule has 0 aliphatic heterocycles. The number of hydrogen-bond donors (Lipinski definition) is 0. The average Bonchev–Trinajstić information content (AvgIpc) is 2.75. The van der Waals surface area contributed by atoms with Gasteiger partial charge in [0.25, 0.3) is 7.82 Å². The van der Waals surface area contributed by atoms with Crippen LogP contribution in [0, 0.1) is 0 Å². The molecule has 0 aromatic rings. The number of esters is 2. The molecule has 0 amide bonds. The van der Waals surface area contributed by atoms with E-state index in [1.165, 1.54) is 26.2 Å². The number of rotatable bonds is 22. The van der Waals surface area contributed by atoms with Gasteiger partial charge in [0.05, 0.1) is 27.7 Å². The lowest BCUT2D eigenvalue weighted by molar-refractivity contribution is -0.870. The van der Waals surface area contributed by atoms with Crippen LogP contribution in [0.3, 0.4) is 0 Å². The third kappa shape index (κ3) is 24.2. The molecule has 9 nitrogen and oxygen atoms in total. The number of quaternary nitrogens is 1. The van der Waals surface area contributed by atoms with Crippen LogP contribution in [0.15, 0.2) is 12.2 Å². The summed E-state index contributed by atoms with van der Waals surface area (Å²) in [6, 6.07) is 0. The summed E-state index contributed by atoms with van der Waals surface area (Å²) in [5.41, 5.74) is 0. The lowest BCUT2D eigenvalue weighted by Gasteiger charge is -2.28. The van der Waals surface area contributed by atoms with Crippen molar-refractivity contribution in [1.82, 2.24) is 0 Å². The normalized spacial score (nSPS) is 14.6. The van der Waals surface area contributed by atoms with Gasteiger partial charge in [0.2, 0.25) is 0 Å². The van der Waals surface area contributed by atoms with Crippen LogP contribution in [0.2, 0.25) is 0 Å². The van der Waals surface area contributed by atoms with E-state index in [-0.39, 0.29) is 19.6 Å². The molecule has 0 aromatic heterocycles. The molecule has 0 aliphatic rings. The van der Waals surface area contributed by atoms with Gasteiger partial charge in [-0.25, -0.2) is 0 Å². The Kier molecular flexibility index (Phi) is 19.2. The first-order valence-corrected chi connectivity index (χ1v) is 14.3. The number of ether oxygens (including phenoxy) is 2. The van der Waals surface area contributed by atoms with Crippen LogP contribution in [-0.2, 0) is 32.7 Å². The van der Waals surface area contributed by atoms with Crippen molar-refractivity contribution < 1.29 is 42.1 Å². The number of phosphoric ester groups is 1. The first-order valence-electron chi connectivity index (χ1n) is 12.8. The van der Waals surface area contributed by atoms with Crippen molar-refractivity contribution in [3.63, 3.8) is 0 Å². The standard InChI is InChI=1S/C25H48NO8P/c1-6-7-8-9-10-11-12-13-14-15-16-17-18-25(28)34-24(21-31-23(2)27)22-33-35(29,30)32-20-19-26(3,4)5/h10-11,24H,6-9,12-22H2,1-5H3/b11-10-. The second-order valence-corrected chi connectivity index (χ2v) is 11.2. The number of likely N-dealkylation sites (N-methyl/N-ethyl adjacent to an activating group) is 1. The molecule has 0 rings (SSSR count). The zero-order chi connectivity index (χ0) is 26.6. The molecular weight excluding hydrogens is 473 g/mol. The molecule has 10 heteroatoms. The van der Waals surface area contributed by atoms with Gasteiger partial charge >= 0.3 is 11.9 Å². The Balaban J connectivity index is 4.18. The highest BCUT2D eigenvalue weighted by molar-refractivity contribution is 7.45. The molecule has 0 heterocycles. The van der Waals surface area contributed by atoms with Gasteiger partial charge in [-0.1, -0.05) is 51.2 Å². The Morgan fingerprint density at radius 1 is 0.914 bits per heavy atom. The van der Waals surface area contributed by atoms with Crippen LogP contribution in [0.1, 0.15) is 84.5 Å².